The highest BCUT2D eigenvalue weighted by Crippen LogP contribution is 2.34. The van der Waals surface area contributed by atoms with E-state index in [1.807, 2.05) is 41.8 Å². The van der Waals surface area contributed by atoms with Crippen LogP contribution >= 0.6 is 0 Å². The second-order valence-corrected chi connectivity index (χ2v) is 5.23. The minimum atomic E-state index is -0.270. The Morgan fingerprint density at radius 3 is 2.61 bits per heavy atom. The Bertz CT molecular complexity index is 851. The van der Waals surface area contributed by atoms with Crippen LogP contribution in [0.25, 0.3) is 22.0 Å². The molecule has 0 aliphatic heterocycles. The summed E-state index contributed by atoms with van der Waals surface area (Å²) in [7, 11) is 2.99. The first-order chi connectivity index (χ1) is 11.2. The molecule has 0 unspecified atom stereocenters. The van der Waals surface area contributed by atoms with Gasteiger partial charge in [-0.15, -0.1) is 0 Å². The Hall–Kier alpha value is -2.82. The standard InChI is InChI=1S/C18H18N2O3/c1-12-18(13-8-9-16(22-2)19-10-13)14-6-4-5-7-15(14)20(12)11-17(21)23-3/h4-10H,11H2,1-3H3. The predicted octanol–water partition coefficient (Wildman–Crippen LogP) is 3.19. The van der Waals surface area contributed by atoms with E-state index in [2.05, 4.69) is 11.1 Å². The van der Waals surface area contributed by atoms with E-state index in [4.69, 9.17) is 9.47 Å². The summed E-state index contributed by atoms with van der Waals surface area (Å²) in [6, 6.07) is 11.8. The van der Waals surface area contributed by atoms with Crippen molar-refractivity contribution < 1.29 is 14.3 Å². The maximum atomic E-state index is 11.7. The zero-order valence-corrected chi connectivity index (χ0v) is 13.4. The molecule has 0 saturated heterocycles. The van der Waals surface area contributed by atoms with E-state index in [-0.39, 0.29) is 12.5 Å². The van der Waals surface area contributed by atoms with Gasteiger partial charge in [-0.1, -0.05) is 18.2 Å². The van der Waals surface area contributed by atoms with Crippen LogP contribution in [-0.4, -0.2) is 29.7 Å². The van der Waals surface area contributed by atoms with Crippen LogP contribution in [0.2, 0.25) is 0 Å². The molecule has 2 aromatic heterocycles. The van der Waals surface area contributed by atoms with E-state index < -0.39 is 0 Å². The average Bonchev–Trinajstić information content (AvgIpc) is 2.87. The van der Waals surface area contributed by atoms with E-state index in [9.17, 15) is 4.79 Å². The fourth-order valence-electron chi connectivity index (χ4n) is 2.84. The number of ether oxygens (including phenoxy) is 2. The number of benzene rings is 1. The lowest BCUT2D eigenvalue weighted by Crippen LogP contribution is -2.12. The largest absolute Gasteiger partial charge is 0.481 e. The van der Waals surface area contributed by atoms with Gasteiger partial charge < -0.3 is 14.0 Å². The van der Waals surface area contributed by atoms with Crippen LogP contribution in [0, 0.1) is 6.92 Å². The van der Waals surface area contributed by atoms with Crippen LogP contribution in [0.15, 0.2) is 42.6 Å². The normalized spacial score (nSPS) is 10.7. The third-order valence-corrected chi connectivity index (χ3v) is 3.98. The van der Waals surface area contributed by atoms with Crippen molar-refractivity contribution in [1.82, 2.24) is 9.55 Å². The number of aromatic nitrogens is 2. The molecule has 0 saturated carbocycles. The number of esters is 1. The number of carbonyl (C=O) groups is 1. The Balaban J connectivity index is 2.19. The zero-order valence-electron chi connectivity index (χ0n) is 13.4. The number of hydrogen-bond acceptors (Lipinski definition) is 4. The van der Waals surface area contributed by atoms with Crippen molar-refractivity contribution in [2.45, 2.75) is 13.5 Å². The molecule has 2 heterocycles. The topological polar surface area (TPSA) is 53.4 Å². The van der Waals surface area contributed by atoms with Crippen LogP contribution < -0.4 is 4.74 Å². The van der Waals surface area contributed by atoms with E-state index in [1.165, 1.54) is 7.11 Å². The number of methoxy groups -OCH3 is 2. The summed E-state index contributed by atoms with van der Waals surface area (Å²) in [5.74, 6) is 0.304. The van der Waals surface area contributed by atoms with Gasteiger partial charge in [0, 0.05) is 40.0 Å². The van der Waals surface area contributed by atoms with Crippen molar-refractivity contribution in [3.63, 3.8) is 0 Å². The molecule has 0 aliphatic rings. The van der Waals surface area contributed by atoms with Gasteiger partial charge in [0.15, 0.2) is 0 Å². The number of fused-ring (bicyclic) bond motifs is 1. The molecule has 0 spiro atoms. The minimum absolute atomic E-state index is 0.187. The molecule has 5 heteroatoms. The first-order valence-corrected chi connectivity index (χ1v) is 7.30. The number of hydrogen-bond donors (Lipinski definition) is 0. The molecule has 3 aromatic rings. The van der Waals surface area contributed by atoms with Crippen molar-refractivity contribution in [2.75, 3.05) is 14.2 Å². The van der Waals surface area contributed by atoms with E-state index in [0.29, 0.717) is 5.88 Å². The second kappa shape index (κ2) is 6.12. The quantitative estimate of drug-likeness (QED) is 0.694. The molecule has 1 aromatic carbocycles. The zero-order chi connectivity index (χ0) is 16.4. The predicted molar refractivity (Wildman–Crippen MR) is 88.5 cm³/mol. The smallest absolute Gasteiger partial charge is 0.325 e. The van der Waals surface area contributed by atoms with Crippen molar-refractivity contribution in [3.05, 3.63) is 48.3 Å². The number of pyridine rings is 1. The van der Waals surface area contributed by atoms with Gasteiger partial charge >= 0.3 is 5.97 Å². The third kappa shape index (κ3) is 2.65. The lowest BCUT2D eigenvalue weighted by molar-refractivity contribution is -0.141. The maximum absolute atomic E-state index is 11.7. The molecule has 0 aliphatic carbocycles. The fraction of sp³-hybridized carbons (Fsp3) is 0.222. The highest BCUT2D eigenvalue weighted by Gasteiger charge is 2.17. The van der Waals surface area contributed by atoms with Crippen LogP contribution in [0.4, 0.5) is 0 Å². The van der Waals surface area contributed by atoms with Gasteiger partial charge in [-0.25, -0.2) is 4.98 Å². The van der Waals surface area contributed by atoms with Crippen molar-refractivity contribution >= 4 is 16.9 Å². The molecule has 0 atom stereocenters. The van der Waals surface area contributed by atoms with Crippen LogP contribution in [-0.2, 0) is 16.1 Å². The molecular weight excluding hydrogens is 292 g/mol. The van der Waals surface area contributed by atoms with Gasteiger partial charge in [0.25, 0.3) is 0 Å². The van der Waals surface area contributed by atoms with Gasteiger partial charge in [0.1, 0.15) is 6.54 Å². The molecule has 0 fully saturated rings. The van der Waals surface area contributed by atoms with Crippen LogP contribution in [0.1, 0.15) is 5.69 Å². The number of rotatable bonds is 4. The summed E-state index contributed by atoms with van der Waals surface area (Å²) in [6.45, 7) is 2.19. The summed E-state index contributed by atoms with van der Waals surface area (Å²) >= 11 is 0. The van der Waals surface area contributed by atoms with Gasteiger partial charge in [0.2, 0.25) is 5.88 Å². The van der Waals surface area contributed by atoms with Gasteiger partial charge in [-0.05, 0) is 19.1 Å². The molecule has 0 N–H and O–H groups in total. The van der Waals surface area contributed by atoms with Gasteiger partial charge in [0.05, 0.1) is 14.2 Å². The first-order valence-electron chi connectivity index (χ1n) is 7.30. The highest BCUT2D eigenvalue weighted by atomic mass is 16.5. The van der Waals surface area contributed by atoms with Crippen molar-refractivity contribution in [2.24, 2.45) is 0 Å². The van der Waals surface area contributed by atoms with Crippen LogP contribution in [0.3, 0.4) is 0 Å². The molecule has 118 valence electrons. The number of carbonyl (C=O) groups excluding carboxylic acids is 1. The maximum Gasteiger partial charge on any atom is 0.325 e. The summed E-state index contributed by atoms with van der Waals surface area (Å²) in [6.07, 6.45) is 1.79. The van der Waals surface area contributed by atoms with E-state index in [1.54, 1.807) is 13.3 Å². The van der Waals surface area contributed by atoms with Gasteiger partial charge in [-0.3, -0.25) is 4.79 Å². The molecule has 0 amide bonds. The van der Waals surface area contributed by atoms with Crippen LogP contribution in [0.5, 0.6) is 5.88 Å². The average molecular weight is 310 g/mol. The fourth-order valence-corrected chi connectivity index (χ4v) is 2.84. The summed E-state index contributed by atoms with van der Waals surface area (Å²) < 4.78 is 11.9. The second-order valence-electron chi connectivity index (χ2n) is 5.23. The molecule has 5 nitrogen and oxygen atoms in total. The molecule has 0 radical (unpaired) electrons. The van der Waals surface area contributed by atoms with Crippen molar-refractivity contribution in [3.8, 4) is 17.0 Å². The molecule has 0 bridgehead atoms. The molecule has 23 heavy (non-hydrogen) atoms. The monoisotopic (exact) mass is 310 g/mol. The molecular formula is C18H18N2O3. The Kier molecular flexibility index (Phi) is 4.02. The Morgan fingerprint density at radius 2 is 1.96 bits per heavy atom. The summed E-state index contributed by atoms with van der Waals surface area (Å²) in [5, 5.41) is 1.08. The highest BCUT2D eigenvalue weighted by molar-refractivity contribution is 5.98. The third-order valence-electron chi connectivity index (χ3n) is 3.98. The molecule has 3 rings (SSSR count). The lowest BCUT2D eigenvalue weighted by atomic mass is 10.0. The van der Waals surface area contributed by atoms with E-state index >= 15 is 0 Å². The van der Waals surface area contributed by atoms with Gasteiger partial charge in [-0.2, -0.15) is 0 Å². The summed E-state index contributed by atoms with van der Waals surface area (Å²) in [5.41, 5.74) is 4.06. The number of nitrogens with zero attached hydrogens (tertiary/aromatic N) is 2. The Labute approximate surface area is 134 Å². The first kappa shape index (κ1) is 15.1. The minimum Gasteiger partial charge on any atom is -0.481 e. The van der Waals surface area contributed by atoms with Crippen molar-refractivity contribution in [1.29, 1.82) is 0 Å². The summed E-state index contributed by atoms with van der Waals surface area (Å²) in [4.78, 5) is 16.0. The number of para-hydroxylation sites is 1. The SMILES string of the molecule is COC(=O)Cn1c(C)c(-c2ccc(OC)nc2)c2ccccc21. The lowest BCUT2D eigenvalue weighted by Gasteiger charge is -2.07. The van der Waals surface area contributed by atoms with E-state index in [0.717, 1.165) is 27.7 Å². The Morgan fingerprint density at radius 1 is 1.17 bits per heavy atom.